The number of nitrogens with one attached hydrogen (secondary N) is 1. The number of anilines is 1. The van der Waals surface area contributed by atoms with Crippen LogP contribution in [0.3, 0.4) is 0 Å². The molecule has 1 heterocycles. The molecular formula is C17H12N4O3. The number of hydrogen-bond acceptors (Lipinski definition) is 6. The summed E-state index contributed by atoms with van der Waals surface area (Å²) in [6.45, 7) is 1.74. The number of hydrogen-bond donors (Lipinski definition) is 1. The molecule has 0 saturated heterocycles. The second-order valence-corrected chi connectivity index (χ2v) is 5.06. The van der Waals surface area contributed by atoms with Crippen LogP contribution in [0.5, 0.6) is 0 Å². The highest BCUT2D eigenvalue weighted by atomic mass is 16.6. The van der Waals surface area contributed by atoms with Gasteiger partial charge in [-0.15, -0.1) is 0 Å². The minimum Gasteiger partial charge on any atom is -0.435 e. The average molecular weight is 320 g/mol. The average Bonchev–Trinajstić information content (AvgIpc) is 3.00. The Bertz CT molecular complexity index is 965. The summed E-state index contributed by atoms with van der Waals surface area (Å²) in [6.07, 6.45) is 1.47. The van der Waals surface area contributed by atoms with E-state index in [9.17, 15) is 15.4 Å². The molecule has 1 aromatic heterocycles. The van der Waals surface area contributed by atoms with Crippen LogP contribution >= 0.6 is 0 Å². The van der Waals surface area contributed by atoms with Gasteiger partial charge in [0.05, 0.1) is 4.92 Å². The van der Waals surface area contributed by atoms with Crippen LogP contribution in [0.15, 0.2) is 53.1 Å². The number of nitro groups is 1. The summed E-state index contributed by atoms with van der Waals surface area (Å²) >= 11 is 0. The molecule has 118 valence electrons. The van der Waals surface area contributed by atoms with Gasteiger partial charge in [0.25, 0.3) is 5.69 Å². The first kappa shape index (κ1) is 15.2. The Kier molecular flexibility index (Phi) is 3.95. The van der Waals surface area contributed by atoms with Gasteiger partial charge in [0.15, 0.2) is 5.58 Å². The van der Waals surface area contributed by atoms with Gasteiger partial charge in [-0.1, -0.05) is 12.1 Å². The number of fused-ring (bicyclic) bond motifs is 1. The molecule has 24 heavy (non-hydrogen) atoms. The monoisotopic (exact) mass is 320 g/mol. The lowest BCUT2D eigenvalue weighted by molar-refractivity contribution is -0.384. The first-order valence-corrected chi connectivity index (χ1v) is 7.06. The number of non-ortho nitro benzene ring substituents is 1. The molecular weight excluding hydrogens is 308 g/mol. The second kappa shape index (κ2) is 6.22. The van der Waals surface area contributed by atoms with Gasteiger partial charge in [0.2, 0.25) is 5.89 Å². The Morgan fingerprint density at radius 1 is 1.38 bits per heavy atom. The molecule has 7 heteroatoms. The normalized spacial score (nSPS) is 11.2. The molecule has 1 N–H and O–H groups in total. The Labute approximate surface area is 137 Å². The number of aromatic nitrogens is 1. The number of oxazole rings is 1. The van der Waals surface area contributed by atoms with E-state index in [-0.39, 0.29) is 17.2 Å². The summed E-state index contributed by atoms with van der Waals surface area (Å²) in [6, 6.07) is 13.7. The van der Waals surface area contributed by atoms with Crippen molar-refractivity contribution in [2.75, 3.05) is 5.32 Å². The molecule has 0 aliphatic rings. The smallest absolute Gasteiger partial charge is 0.269 e. The summed E-state index contributed by atoms with van der Waals surface area (Å²) in [5.74, 6) is 0.214. The van der Waals surface area contributed by atoms with Crippen molar-refractivity contribution in [2.45, 2.75) is 6.92 Å². The number of rotatable bonds is 4. The fourth-order valence-electron chi connectivity index (χ4n) is 2.20. The summed E-state index contributed by atoms with van der Waals surface area (Å²) in [5.41, 5.74) is 2.85. The molecule has 0 atom stereocenters. The van der Waals surface area contributed by atoms with E-state index in [0.717, 1.165) is 0 Å². The van der Waals surface area contributed by atoms with Crippen LogP contribution in [0.1, 0.15) is 11.5 Å². The van der Waals surface area contributed by atoms with Crippen LogP contribution in [-0.4, -0.2) is 9.91 Å². The molecule has 0 aliphatic heterocycles. The van der Waals surface area contributed by atoms with Gasteiger partial charge in [-0.25, -0.2) is 4.98 Å². The van der Waals surface area contributed by atoms with Gasteiger partial charge in [-0.05, 0) is 30.7 Å². The third-order valence-electron chi connectivity index (χ3n) is 3.44. The lowest BCUT2D eigenvalue weighted by Crippen LogP contribution is -1.95. The standard InChI is InChI=1S/C17H12N4O3/c1-11-8-13(21(22)23)6-7-14(11)19-10-12(9-18)17-20-15-4-2-3-5-16(15)24-17/h2-8,10,19H,1H3. The number of nitriles is 1. The fourth-order valence-corrected chi connectivity index (χ4v) is 2.20. The summed E-state index contributed by atoms with van der Waals surface area (Å²) in [7, 11) is 0. The number of nitrogens with zero attached hydrogens (tertiary/aromatic N) is 3. The highest BCUT2D eigenvalue weighted by Gasteiger charge is 2.11. The summed E-state index contributed by atoms with van der Waals surface area (Å²) in [4.78, 5) is 14.6. The van der Waals surface area contributed by atoms with Crippen LogP contribution in [-0.2, 0) is 0 Å². The zero-order chi connectivity index (χ0) is 17.1. The van der Waals surface area contributed by atoms with Crippen LogP contribution in [0, 0.1) is 28.4 Å². The van der Waals surface area contributed by atoms with E-state index in [2.05, 4.69) is 10.3 Å². The highest BCUT2D eigenvalue weighted by Crippen LogP contribution is 2.23. The molecule has 0 bridgehead atoms. The third-order valence-corrected chi connectivity index (χ3v) is 3.44. The number of para-hydroxylation sites is 2. The number of nitro benzene ring substituents is 1. The zero-order valence-corrected chi connectivity index (χ0v) is 12.7. The molecule has 0 amide bonds. The molecule has 7 nitrogen and oxygen atoms in total. The molecule has 3 rings (SSSR count). The fraction of sp³-hybridized carbons (Fsp3) is 0.0588. The van der Waals surface area contributed by atoms with Crippen LogP contribution < -0.4 is 5.32 Å². The molecule has 0 unspecified atom stereocenters. The highest BCUT2D eigenvalue weighted by molar-refractivity contribution is 5.80. The Hall–Kier alpha value is -3.66. The predicted octanol–water partition coefficient (Wildman–Crippen LogP) is 4.02. The largest absolute Gasteiger partial charge is 0.435 e. The van der Waals surface area contributed by atoms with Crippen LogP contribution in [0.2, 0.25) is 0 Å². The quantitative estimate of drug-likeness (QED) is 0.442. The summed E-state index contributed by atoms with van der Waals surface area (Å²) < 4.78 is 5.56. The van der Waals surface area contributed by atoms with E-state index in [0.29, 0.717) is 22.4 Å². The maximum Gasteiger partial charge on any atom is 0.269 e. The van der Waals surface area contributed by atoms with E-state index >= 15 is 0 Å². The molecule has 0 saturated carbocycles. The van der Waals surface area contributed by atoms with E-state index in [1.54, 1.807) is 25.1 Å². The maximum atomic E-state index is 10.8. The molecule has 0 fully saturated rings. The van der Waals surface area contributed by atoms with Crippen molar-refractivity contribution in [3.8, 4) is 6.07 Å². The third kappa shape index (κ3) is 2.94. The molecule has 0 spiro atoms. The van der Waals surface area contributed by atoms with Gasteiger partial charge in [-0.2, -0.15) is 5.26 Å². The van der Waals surface area contributed by atoms with Crippen molar-refractivity contribution in [1.29, 1.82) is 5.26 Å². The van der Waals surface area contributed by atoms with Crippen molar-refractivity contribution in [3.05, 3.63) is 70.2 Å². The van der Waals surface area contributed by atoms with Crippen molar-refractivity contribution < 1.29 is 9.34 Å². The van der Waals surface area contributed by atoms with E-state index in [1.165, 1.54) is 18.3 Å². The SMILES string of the molecule is Cc1cc([N+](=O)[O-])ccc1NC=C(C#N)c1nc2ccccc2o1. The zero-order valence-electron chi connectivity index (χ0n) is 12.7. The predicted molar refractivity (Wildman–Crippen MR) is 89.1 cm³/mol. The lowest BCUT2D eigenvalue weighted by Gasteiger charge is -2.05. The van der Waals surface area contributed by atoms with Gasteiger partial charge >= 0.3 is 0 Å². The van der Waals surface area contributed by atoms with E-state index < -0.39 is 4.92 Å². The minimum atomic E-state index is -0.453. The topological polar surface area (TPSA) is 105 Å². The Balaban J connectivity index is 1.89. The minimum absolute atomic E-state index is 0.0153. The molecule has 0 aliphatic carbocycles. The first-order chi connectivity index (χ1) is 11.6. The van der Waals surface area contributed by atoms with Gasteiger partial charge in [0, 0.05) is 24.0 Å². The number of aryl methyl sites for hydroxylation is 1. The maximum absolute atomic E-state index is 10.8. The van der Waals surface area contributed by atoms with Gasteiger partial charge in [-0.3, -0.25) is 10.1 Å². The Morgan fingerprint density at radius 3 is 2.83 bits per heavy atom. The number of allylic oxidation sites excluding steroid dienone is 1. The number of benzene rings is 2. The summed E-state index contributed by atoms with van der Waals surface area (Å²) in [5, 5.41) is 23.0. The molecule has 2 aromatic carbocycles. The van der Waals surface area contributed by atoms with Gasteiger partial charge in [0.1, 0.15) is 17.2 Å². The van der Waals surface area contributed by atoms with Gasteiger partial charge < -0.3 is 9.73 Å². The first-order valence-electron chi connectivity index (χ1n) is 7.06. The molecule has 0 radical (unpaired) electrons. The van der Waals surface area contributed by atoms with Crippen LogP contribution in [0.25, 0.3) is 16.7 Å². The second-order valence-electron chi connectivity index (χ2n) is 5.06. The molecule has 3 aromatic rings. The van der Waals surface area contributed by atoms with Crippen molar-refractivity contribution in [2.24, 2.45) is 0 Å². The van der Waals surface area contributed by atoms with Crippen LogP contribution in [0.4, 0.5) is 11.4 Å². The van der Waals surface area contributed by atoms with Crippen molar-refractivity contribution in [3.63, 3.8) is 0 Å². The van der Waals surface area contributed by atoms with E-state index in [4.69, 9.17) is 4.42 Å². The Morgan fingerprint density at radius 2 is 2.17 bits per heavy atom. The lowest BCUT2D eigenvalue weighted by atomic mass is 10.2. The van der Waals surface area contributed by atoms with Crippen molar-refractivity contribution >= 4 is 28.0 Å². The van der Waals surface area contributed by atoms with Crippen molar-refractivity contribution in [1.82, 2.24) is 4.98 Å². The van der Waals surface area contributed by atoms with E-state index in [1.807, 2.05) is 18.2 Å².